The third kappa shape index (κ3) is 4.65. The highest BCUT2D eigenvalue weighted by atomic mass is 16.6. The Morgan fingerprint density at radius 3 is 2.33 bits per heavy atom. The number of rotatable bonds is 6. The van der Waals surface area contributed by atoms with E-state index in [2.05, 4.69) is 20.8 Å². The molecule has 4 heteroatoms. The predicted octanol–water partition coefficient (Wildman–Crippen LogP) is 6.13. The van der Waals surface area contributed by atoms with Crippen LogP contribution in [0.3, 0.4) is 0 Å². The largest absolute Gasteiger partial charge is 0.460 e. The summed E-state index contributed by atoms with van der Waals surface area (Å²) in [6.07, 6.45) is 12.6. The number of esters is 1. The number of fused-ring (bicyclic) bond motifs is 5. The first-order valence-electron chi connectivity index (χ1n) is 13.9. The Bertz CT molecular complexity index is 713. The summed E-state index contributed by atoms with van der Waals surface area (Å²) in [5.74, 6) is 4.27. The monoisotopic (exact) mass is 462 g/mol. The van der Waals surface area contributed by atoms with E-state index in [0.29, 0.717) is 16.7 Å². The average Bonchev–Trinajstić information content (AvgIpc) is 3.07. The lowest BCUT2D eigenvalue weighted by atomic mass is 9.44. The smallest absolute Gasteiger partial charge is 0.303 e. The highest BCUT2D eigenvalue weighted by Crippen LogP contribution is 2.68. The second kappa shape index (κ2) is 9.12. The lowest BCUT2D eigenvalue weighted by Crippen LogP contribution is -2.54. The molecule has 0 heterocycles. The zero-order valence-corrected chi connectivity index (χ0v) is 22.1. The maximum absolute atomic E-state index is 11.6. The van der Waals surface area contributed by atoms with Crippen molar-refractivity contribution in [1.82, 2.24) is 0 Å². The van der Waals surface area contributed by atoms with Crippen LogP contribution in [0.5, 0.6) is 0 Å². The lowest BCUT2D eigenvalue weighted by molar-refractivity contribution is -0.160. The van der Waals surface area contributed by atoms with Crippen molar-refractivity contribution in [2.75, 3.05) is 0 Å². The van der Waals surface area contributed by atoms with Gasteiger partial charge in [-0.25, -0.2) is 0 Å². The van der Waals surface area contributed by atoms with Crippen molar-refractivity contribution in [3.63, 3.8) is 0 Å². The molecule has 4 nitrogen and oxygen atoms in total. The number of ether oxygens (including phenoxy) is 1. The quantitative estimate of drug-likeness (QED) is 0.466. The van der Waals surface area contributed by atoms with Crippen LogP contribution in [-0.4, -0.2) is 34.0 Å². The van der Waals surface area contributed by atoms with Gasteiger partial charge in [0.1, 0.15) is 6.10 Å². The topological polar surface area (TPSA) is 66.8 Å². The first-order valence-corrected chi connectivity index (χ1v) is 13.9. The van der Waals surface area contributed by atoms with Crippen molar-refractivity contribution >= 4 is 5.97 Å². The average molecular weight is 463 g/mol. The second-order valence-electron chi connectivity index (χ2n) is 13.6. The summed E-state index contributed by atoms with van der Waals surface area (Å²) in [7, 11) is 0. The van der Waals surface area contributed by atoms with Crippen LogP contribution < -0.4 is 0 Å². The summed E-state index contributed by atoms with van der Waals surface area (Å²) in [6, 6.07) is 0. The van der Waals surface area contributed by atoms with Crippen LogP contribution >= 0.6 is 0 Å². The van der Waals surface area contributed by atoms with Crippen molar-refractivity contribution in [3.8, 4) is 0 Å². The molecule has 0 aliphatic heterocycles. The van der Waals surface area contributed by atoms with Gasteiger partial charge in [-0.3, -0.25) is 4.79 Å². The van der Waals surface area contributed by atoms with E-state index in [9.17, 15) is 15.0 Å². The van der Waals surface area contributed by atoms with Gasteiger partial charge in [-0.2, -0.15) is 0 Å². The molecule has 0 spiro atoms. The van der Waals surface area contributed by atoms with Gasteiger partial charge in [-0.05, 0) is 131 Å². The molecular formula is C29H50O4. The van der Waals surface area contributed by atoms with Crippen LogP contribution in [0, 0.1) is 46.3 Å². The van der Waals surface area contributed by atoms with Gasteiger partial charge in [0, 0.05) is 6.92 Å². The Balaban J connectivity index is 1.44. The molecule has 0 aromatic rings. The van der Waals surface area contributed by atoms with E-state index in [1.54, 1.807) is 13.8 Å². The molecule has 0 radical (unpaired) electrons. The molecule has 0 aromatic carbocycles. The minimum atomic E-state index is -1.01. The molecule has 0 unspecified atom stereocenters. The van der Waals surface area contributed by atoms with E-state index < -0.39 is 11.7 Å². The third-order valence-electron chi connectivity index (χ3n) is 11.4. The molecule has 4 saturated carbocycles. The fourth-order valence-corrected chi connectivity index (χ4v) is 9.58. The van der Waals surface area contributed by atoms with Gasteiger partial charge >= 0.3 is 5.97 Å². The van der Waals surface area contributed by atoms with Crippen LogP contribution in [0.15, 0.2) is 0 Å². The number of hydrogen-bond donors (Lipinski definition) is 2. The second-order valence-corrected chi connectivity index (χ2v) is 13.6. The maximum atomic E-state index is 11.6. The molecule has 4 fully saturated rings. The summed E-state index contributed by atoms with van der Waals surface area (Å²) >= 11 is 0. The first kappa shape index (κ1) is 25.5. The van der Waals surface area contributed by atoms with Crippen LogP contribution in [-0.2, 0) is 9.53 Å². The fraction of sp³-hybridized carbons (Fsp3) is 0.966. The van der Waals surface area contributed by atoms with Gasteiger partial charge in [0.25, 0.3) is 0 Å². The summed E-state index contributed by atoms with van der Waals surface area (Å²) < 4.78 is 5.49. The Morgan fingerprint density at radius 1 is 1.00 bits per heavy atom. The standard InChI is InChI=1S/C29H50O4/c1-18(7-12-26(27(3,4)32)33-19(2)30)23-10-11-24-22-9-8-20-17-21(31)13-15-28(20,5)25(22)14-16-29(23,24)6/h18,20-26,31-32H,7-17H2,1-6H3/t18-,20-,21-,22+,23-,24+,25+,26+,28+,29-/m1/s1. The number of carbonyl (C=O) groups excluding carboxylic acids is 1. The predicted molar refractivity (Wildman–Crippen MR) is 131 cm³/mol. The third-order valence-corrected chi connectivity index (χ3v) is 11.4. The fourth-order valence-electron chi connectivity index (χ4n) is 9.58. The molecule has 33 heavy (non-hydrogen) atoms. The summed E-state index contributed by atoms with van der Waals surface area (Å²) in [5.41, 5.74) is -0.145. The summed E-state index contributed by atoms with van der Waals surface area (Å²) in [4.78, 5) is 11.6. The van der Waals surface area contributed by atoms with Crippen LogP contribution in [0.1, 0.15) is 112 Å². The number of hydrogen-bond acceptors (Lipinski definition) is 4. The number of carbonyl (C=O) groups is 1. The van der Waals surface area contributed by atoms with Gasteiger partial charge in [0.15, 0.2) is 0 Å². The highest BCUT2D eigenvalue weighted by molar-refractivity contribution is 5.66. The van der Waals surface area contributed by atoms with Crippen LogP contribution in [0.25, 0.3) is 0 Å². The molecule has 0 amide bonds. The Morgan fingerprint density at radius 2 is 1.67 bits per heavy atom. The molecule has 4 aliphatic carbocycles. The Labute approximate surface area is 202 Å². The Kier molecular flexibility index (Phi) is 7.04. The Hall–Kier alpha value is -0.610. The molecule has 0 bridgehead atoms. The molecule has 4 rings (SSSR count). The van der Waals surface area contributed by atoms with Crippen molar-refractivity contribution in [2.24, 2.45) is 46.3 Å². The lowest BCUT2D eigenvalue weighted by Gasteiger charge is -2.61. The van der Waals surface area contributed by atoms with Crippen molar-refractivity contribution in [2.45, 2.75) is 130 Å². The molecule has 190 valence electrons. The summed E-state index contributed by atoms with van der Waals surface area (Å²) in [6.45, 7) is 12.5. The number of aliphatic hydroxyl groups excluding tert-OH is 1. The van der Waals surface area contributed by atoms with E-state index in [0.717, 1.165) is 55.3 Å². The van der Waals surface area contributed by atoms with E-state index in [4.69, 9.17) is 4.74 Å². The SMILES string of the molecule is CC(=O)O[C@@H](CC[C@@H](C)[C@H]1CC[C@H]2[C@@H]3CC[C@@H]4C[C@H](O)CC[C@]4(C)[C@H]3CC[C@]12C)C(C)(C)O. The minimum Gasteiger partial charge on any atom is -0.460 e. The minimum absolute atomic E-state index is 0.0649. The van der Waals surface area contributed by atoms with E-state index >= 15 is 0 Å². The summed E-state index contributed by atoms with van der Waals surface area (Å²) in [5, 5.41) is 20.8. The molecule has 0 aromatic heterocycles. The zero-order chi connectivity index (χ0) is 24.2. The van der Waals surface area contributed by atoms with Gasteiger partial charge in [0.05, 0.1) is 11.7 Å². The van der Waals surface area contributed by atoms with Gasteiger partial charge in [-0.15, -0.1) is 0 Å². The highest BCUT2D eigenvalue weighted by Gasteiger charge is 2.60. The molecule has 10 atom stereocenters. The molecule has 2 N–H and O–H groups in total. The van der Waals surface area contributed by atoms with Crippen molar-refractivity contribution in [1.29, 1.82) is 0 Å². The maximum Gasteiger partial charge on any atom is 0.303 e. The van der Waals surface area contributed by atoms with E-state index in [-0.39, 0.29) is 12.1 Å². The van der Waals surface area contributed by atoms with E-state index in [1.165, 1.54) is 51.9 Å². The van der Waals surface area contributed by atoms with Gasteiger partial charge < -0.3 is 14.9 Å². The first-order chi connectivity index (χ1) is 15.4. The van der Waals surface area contributed by atoms with Gasteiger partial charge in [0.2, 0.25) is 0 Å². The van der Waals surface area contributed by atoms with Crippen LogP contribution in [0.4, 0.5) is 0 Å². The molecular weight excluding hydrogens is 412 g/mol. The van der Waals surface area contributed by atoms with E-state index in [1.807, 2.05) is 0 Å². The van der Waals surface area contributed by atoms with Crippen LogP contribution in [0.2, 0.25) is 0 Å². The van der Waals surface area contributed by atoms with Crippen molar-refractivity contribution in [3.05, 3.63) is 0 Å². The molecule has 4 aliphatic rings. The van der Waals surface area contributed by atoms with Crippen molar-refractivity contribution < 1.29 is 19.7 Å². The number of aliphatic hydroxyl groups is 2. The normalized spacial score (nSPS) is 44.8. The molecule has 0 saturated heterocycles. The zero-order valence-electron chi connectivity index (χ0n) is 22.1. The van der Waals surface area contributed by atoms with Gasteiger partial charge in [-0.1, -0.05) is 20.8 Å².